The van der Waals surface area contributed by atoms with E-state index in [0.717, 1.165) is 61.9 Å². The zero-order valence-electron chi connectivity index (χ0n) is 19.5. The highest BCUT2D eigenvalue weighted by atomic mass is 19.3. The summed E-state index contributed by atoms with van der Waals surface area (Å²) in [5.74, 6) is 0.0927. The van der Waals surface area contributed by atoms with Crippen LogP contribution in [0.3, 0.4) is 0 Å². The number of unbranched alkanes of at least 4 members (excludes halogenated alkanes) is 2. The Balaban J connectivity index is 1.71. The van der Waals surface area contributed by atoms with Crippen molar-refractivity contribution >= 4 is 0 Å². The van der Waals surface area contributed by atoms with Crippen LogP contribution in [0.1, 0.15) is 61.8 Å². The van der Waals surface area contributed by atoms with Crippen LogP contribution in [0.5, 0.6) is 11.5 Å². The van der Waals surface area contributed by atoms with Crippen molar-refractivity contribution in [2.45, 2.75) is 64.6 Å². The molecule has 0 aromatic heterocycles. The minimum atomic E-state index is -3.68. The van der Waals surface area contributed by atoms with Crippen molar-refractivity contribution in [1.29, 1.82) is 0 Å². The molecule has 3 aromatic rings. The van der Waals surface area contributed by atoms with Crippen LogP contribution in [0, 0.1) is 0 Å². The Labute approximate surface area is 198 Å². The number of alkyl halides is 4. The van der Waals surface area contributed by atoms with E-state index < -0.39 is 23.3 Å². The second-order valence-electron chi connectivity index (χ2n) is 8.27. The van der Waals surface area contributed by atoms with Gasteiger partial charge in [-0.05, 0) is 72.9 Å². The molecule has 0 saturated heterocycles. The fraction of sp³-hybridized carbons (Fsp3) is 0.357. The monoisotopic (exact) mass is 474 g/mol. The van der Waals surface area contributed by atoms with Gasteiger partial charge in [0.25, 0.3) is 0 Å². The van der Waals surface area contributed by atoms with Crippen molar-refractivity contribution in [3.05, 3.63) is 95.1 Å². The average Bonchev–Trinajstić information content (AvgIpc) is 2.81. The standard InChI is InChI=1S/C28H30F4O2/c1-3-5-6-10-22-11-7-8-12-26(22)34-28(31,32)24-17-15-23(16-18-24)27(29,30)33-25-19-13-21(9-4-2)14-20-25/h7-8,11-20H,3-6,9-10H2,1-2H3. The van der Waals surface area contributed by atoms with Gasteiger partial charge in [-0.25, -0.2) is 0 Å². The summed E-state index contributed by atoms with van der Waals surface area (Å²) in [6, 6.07) is 16.8. The number of para-hydroxylation sites is 1. The van der Waals surface area contributed by atoms with Crippen molar-refractivity contribution in [2.75, 3.05) is 0 Å². The zero-order valence-corrected chi connectivity index (χ0v) is 19.5. The lowest BCUT2D eigenvalue weighted by Crippen LogP contribution is -2.24. The van der Waals surface area contributed by atoms with E-state index in [1.165, 1.54) is 18.2 Å². The van der Waals surface area contributed by atoms with Gasteiger partial charge in [0.2, 0.25) is 0 Å². The highest BCUT2D eigenvalue weighted by Crippen LogP contribution is 2.36. The van der Waals surface area contributed by atoms with Crippen molar-refractivity contribution in [1.82, 2.24) is 0 Å². The first-order valence-electron chi connectivity index (χ1n) is 11.7. The molecule has 0 fully saturated rings. The third-order valence-electron chi connectivity index (χ3n) is 5.53. The van der Waals surface area contributed by atoms with Crippen molar-refractivity contribution < 1.29 is 27.0 Å². The molecule has 0 aliphatic rings. The number of hydrogen-bond acceptors (Lipinski definition) is 2. The molecule has 0 bridgehead atoms. The number of halogens is 4. The lowest BCUT2D eigenvalue weighted by molar-refractivity contribution is -0.189. The quantitative estimate of drug-likeness (QED) is 0.193. The van der Waals surface area contributed by atoms with Crippen molar-refractivity contribution in [3.63, 3.8) is 0 Å². The molecular formula is C28H30F4O2. The first-order valence-corrected chi connectivity index (χ1v) is 11.7. The molecule has 0 heterocycles. The van der Waals surface area contributed by atoms with Gasteiger partial charge < -0.3 is 9.47 Å². The van der Waals surface area contributed by atoms with Crippen LogP contribution in [-0.4, -0.2) is 0 Å². The molecule has 0 N–H and O–H groups in total. The molecule has 0 spiro atoms. The van der Waals surface area contributed by atoms with Crippen LogP contribution in [0.25, 0.3) is 0 Å². The third-order valence-corrected chi connectivity index (χ3v) is 5.53. The Hall–Kier alpha value is -3.02. The highest BCUT2D eigenvalue weighted by molar-refractivity contribution is 5.35. The van der Waals surface area contributed by atoms with Crippen LogP contribution in [0.2, 0.25) is 0 Å². The molecule has 2 nitrogen and oxygen atoms in total. The van der Waals surface area contributed by atoms with Gasteiger partial charge in [-0.1, -0.05) is 63.4 Å². The van der Waals surface area contributed by atoms with E-state index >= 15 is 0 Å². The molecule has 0 aliphatic heterocycles. The van der Waals surface area contributed by atoms with Crippen LogP contribution in [0.4, 0.5) is 17.6 Å². The minimum Gasteiger partial charge on any atom is -0.429 e. The second-order valence-corrected chi connectivity index (χ2v) is 8.27. The fourth-order valence-corrected chi connectivity index (χ4v) is 3.65. The predicted molar refractivity (Wildman–Crippen MR) is 126 cm³/mol. The highest BCUT2D eigenvalue weighted by Gasteiger charge is 2.38. The van der Waals surface area contributed by atoms with Gasteiger partial charge in [0, 0.05) is 0 Å². The van der Waals surface area contributed by atoms with Crippen molar-refractivity contribution in [2.24, 2.45) is 0 Å². The Morgan fingerprint density at radius 3 is 1.79 bits per heavy atom. The fourth-order valence-electron chi connectivity index (χ4n) is 3.65. The van der Waals surface area contributed by atoms with Gasteiger partial charge >= 0.3 is 12.2 Å². The summed E-state index contributed by atoms with van der Waals surface area (Å²) >= 11 is 0. The average molecular weight is 475 g/mol. The Kier molecular flexibility index (Phi) is 8.59. The predicted octanol–water partition coefficient (Wildman–Crippen LogP) is 8.63. The largest absolute Gasteiger partial charge is 0.429 e. The molecule has 3 rings (SSSR count). The molecule has 0 amide bonds. The first-order chi connectivity index (χ1) is 16.2. The molecule has 182 valence electrons. The molecule has 34 heavy (non-hydrogen) atoms. The summed E-state index contributed by atoms with van der Waals surface area (Å²) in [5.41, 5.74) is 0.679. The van der Waals surface area contributed by atoms with E-state index in [0.29, 0.717) is 12.0 Å². The molecule has 0 saturated carbocycles. The first kappa shape index (κ1) is 25.6. The Morgan fingerprint density at radius 2 is 1.21 bits per heavy atom. The summed E-state index contributed by atoms with van der Waals surface area (Å²) in [7, 11) is 0. The van der Waals surface area contributed by atoms with E-state index in [1.54, 1.807) is 30.3 Å². The Bertz CT molecular complexity index is 1030. The summed E-state index contributed by atoms with van der Waals surface area (Å²) in [6.45, 7) is 4.10. The number of ether oxygens (including phenoxy) is 2. The SMILES string of the molecule is CCCCCc1ccccc1OC(F)(F)c1ccc(C(F)(F)Oc2ccc(CCC)cc2)cc1. The lowest BCUT2D eigenvalue weighted by atomic mass is 10.1. The van der Waals surface area contributed by atoms with Gasteiger partial charge in [0.1, 0.15) is 11.5 Å². The molecule has 0 aliphatic carbocycles. The summed E-state index contributed by atoms with van der Waals surface area (Å²) in [5, 5.41) is 0. The number of rotatable bonds is 12. The maximum atomic E-state index is 14.8. The molecule has 6 heteroatoms. The number of benzene rings is 3. The normalized spacial score (nSPS) is 11.9. The van der Waals surface area contributed by atoms with Crippen LogP contribution < -0.4 is 9.47 Å². The summed E-state index contributed by atoms with van der Waals surface area (Å²) in [6.07, 6.45) is -2.05. The van der Waals surface area contributed by atoms with Crippen LogP contribution >= 0.6 is 0 Å². The van der Waals surface area contributed by atoms with Gasteiger partial charge in [-0.2, -0.15) is 17.6 Å². The molecule has 0 radical (unpaired) electrons. The summed E-state index contributed by atoms with van der Waals surface area (Å²) in [4.78, 5) is 0. The number of hydrogen-bond donors (Lipinski definition) is 0. The number of aryl methyl sites for hydroxylation is 2. The van der Waals surface area contributed by atoms with E-state index in [1.807, 2.05) is 6.92 Å². The third kappa shape index (κ3) is 6.75. The van der Waals surface area contributed by atoms with Crippen LogP contribution in [0.15, 0.2) is 72.8 Å². The molecular weight excluding hydrogens is 444 g/mol. The van der Waals surface area contributed by atoms with E-state index in [-0.39, 0.29) is 11.5 Å². The van der Waals surface area contributed by atoms with Gasteiger partial charge in [-0.3, -0.25) is 0 Å². The molecule has 0 atom stereocenters. The maximum absolute atomic E-state index is 14.8. The topological polar surface area (TPSA) is 18.5 Å². The van der Waals surface area contributed by atoms with Crippen molar-refractivity contribution in [3.8, 4) is 11.5 Å². The van der Waals surface area contributed by atoms with Crippen LogP contribution in [-0.2, 0) is 25.1 Å². The Morgan fingerprint density at radius 1 is 0.618 bits per heavy atom. The maximum Gasteiger partial charge on any atom is 0.426 e. The summed E-state index contributed by atoms with van der Waals surface area (Å²) < 4.78 is 68.8. The zero-order chi connectivity index (χ0) is 24.6. The smallest absolute Gasteiger partial charge is 0.426 e. The molecule has 0 unspecified atom stereocenters. The van der Waals surface area contributed by atoms with E-state index in [9.17, 15) is 17.6 Å². The van der Waals surface area contributed by atoms with E-state index in [2.05, 4.69) is 6.92 Å². The lowest BCUT2D eigenvalue weighted by Gasteiger charge is -2.22. The van der Waals surface area contributed by atoms with Gasteiger partial charge in [0.15, 0.2) is 0 Å². The van der Waals surface area contributed by atoms with Gasteiger partial charge in [0.05, 0.1) is 11.1 Å². The van der Waals surface area contributed by atoms with E-state index in [4.69, 9.17) is 9.47 Å². The minimum absolute atomic E-state index is 0.00210. The second kappa shape index (κ2) is 11.4. The van der Waals surface area contributed by atoms with Gasteiger partial charge in [-0.15, -0.1) is 0 Å². The molecule has 3 aromatic carbocycles.